The number of carbonyl (C=O) groups excluding carboxylic acids is 1. The van der Waals surface area contributed by atoms with Gasteiger partial charge in [-0.05, 0) is 46.5 Å². The quantitative estimate of drug-likeness (QED) is 0.904. The van der Waals surface area contributed by atoms with E-state index in [1.807, 2.05) is 0 Å². The molecule has 0 radical (unpaired) electrons. The highest BCUT2D eigenvalue weighted by Gasteiger charge is 2.28. The minimum Gasteiger partial charge on any atom is -0.352 e. The van der Waals surface area contributed by atoms with Crippen molar-refractivity contribution in [2.45, 2.75) is 6.42 Å². The van der Waals surface area contributed by atoms with Crippen molar-refractivity contribution in [3.8, 4) is 0 Å². The predicted molar refractivity (Wildman–Crippen MR) is 73.2 cm³/mol. The van der Waals surface area contributed by atoms with Crippen LogP contribution >= 0.6 is 15.9 Å². The summed E-state index contributed by atoms with van der Waals surface area (Å²) in [6.45, 7) is 0.293. The topological polar surface area (TPSA) is 63.2 Å². The second-order valence-electron chi connectivity index (χ2n) is 4.60. The van der Waals surface area contributed by atoms with E-state index in [0.717, 1.165) is 6.07 Å². The summed E-state index contributed by atoms with van der Waals surface area (Å²) in [6, 6.07) is 3.86. The smallest absolute Gasteiger partial charge is 0.252 e. The van der Waals surface area contributed by atoms with Crippen LogP contribution in [-0.4, -0.2) is 32.4 Å². The molecule has 1 fully saturated rings. The largest absolute Gasteiger partial charge is 0.352 e. The molecule has 0 spiro atoms. The normalized spacial score (nSPS) is 21.3. The second-order valence-corrected chi connectivity index (χ2v) is 7.69. The average Bonchev–Trinajstić information content (AvgIpc) is 2.69. The van der Waals surface area contributed by atoms with Crippen molar-refractivity contribution in [1.29, 1.82) is 0 Å². The van der Waals surface area contributed by atoms with Crippen LogP contribution in [0.1, 0.15) is 16.8 Å². The van der Waals surface area contributed by atoms with Gasteiger partial charge in [0.05, 0.1) is 17.1 Å². The third-order valence-corrected chi connectivity index (χ3v) is 5.58. The number of hydrogen-bond acceptors (Lipinski definition) is 3. The molecule has 1 N–H and O–H groups in total. The molecule has 1 aromatic rings. The van der Waals surface area contributed by atoms with Crippen LogP contribution in [0.4, 0.5) is 4.39 Å². The molecule has 0 aliphatic carbocycles. The Morgan fingerprint density at radius 3 is 2.84 bits per heavy atom. The van der Waals surface area contributed by atoms with E-state index in [1.165, 1.54) is 12.1 Å². The van der Waals surface area contributed by atoms with Crippen molar-refractivity contribution in [1.82, 2.24) is 5.32 Å². The molecule has 1 saturated heterocycles. The van der Waals surface area contributed by atoms with Gasteiger partial charge >= 0.3 is 0 Å². The molecule has 4 nitrogen and oxygen atoms in total. The van der Waals surface area contributed by atoms with Gasteiger partial charge in [0.2, 0.25) is 0 Å². The van der Waals surface area contributed by atoms with Crippen LogP contribution in [-0.2, 0) is 9.84 Å². The Labute approximate surface area is 119 Å². The summed E-state index contributed by atoms with van der Waals surface area (Å²) >= 11 is 3.18. The first-order valence-electron chi connectivity index (χ1n) is 5.81. The molecule has 1 unspecified atom stereocenters. The number of benzene rings is 1. The van der Waals surface area contributed by atoms with Crippen LogP contribution in [0.15, 0.2) is 22.7 Å². The predicted octanol–water partition coefficient (Wildman–Crippen LogP) is 1.75. The Morgan fingerprint density at radius 1 is 1.47 bits per heavy atom. The van der Waals surface area contributed by atoms with E-state index in [9.17, 15) is 17.6 Å². The highest BCUT2D eigenvalue weighted by Crippen LogP contribution is 2.19. The van der Waals surface area contributed by atoms with Gasteiger partial charge in [-0.2, -0.15) is 0 Å². The summed E-state index contributed by atoms with van der Waals surface area (Å²) < 4.78 is 36.1. The molecule has 1 heterocycles. The van der Waals surface area contributed by atoms with Crippen LogP contribution in [0.2, 0.25) is 0 Å². The zero-order chi connectivity index (χ0) is 14.0. The summed E-state index contributed by atoms with van der Waals surface area (Å²) in [5, 5.41) is 2.65. The first-order valence-corrected chi connectivity index (χ1v) is 8.42. The van der Waals surface area contributed by atoms with Crippen molar-refractivity contribution in [2.24, 2.45) is 5.92 Å². The Morgan fingerprint density at radius 2 is 2.21 bits per heavy atom. The first kappa shape index (κ1) is 14.5. The number of rotatable bonds is 3. The zero-order valence-corrected chi connectivity index (χ0v) is 12.4. The van der Waals surface area contributed by atoms with Gasteiger partial charge in [-0.15, -0.1) is 0 Å². The number of sulfone groups is 1. The van der Waals surface area contributed by atoms with Crippen molar-refractivity contribution in [2.75, 3.05) is 18.1 Å². The molecule has 0 bridgehead atoms. The van der Waals surface area contributed by atoms with E-state index in [1.54, 1.807) is 0 Å². The molecule has 19 heavy (non-hydrogen) atoms. The van der Waals surface area contributed by atoms with Crippen molar-refractivity contribution in [3.63, 3.8) is 0 Å². The molecule has 1 aliphatic rings. The molecule has 104 valence electrons. The number of amides is 1. The molecule has 1 atom stereocenters. The van der Waals surface area contributed by atoms with Crippen LogP contribution in [0, 0.1) is 11.7 Å². The van der Waals surface area contributed by atoms with Gasteiger partial charge in [0.15, 0.2) is 9.84 Å². The Bertz CT molecular complexity index is 603. The van der Waals surface area contributed by atoms with Gasteiger partial charge in [-0.3, -0.25) is 4.79 Å². The minimum absolute atomic E-state index is 0.0544. The molecule has 2 rings (SSSR count). The van der Waals surface area contributed by atoms with E-state index in [2.05, 4.69) is 21.2 Å². The summed E-state index contributed by atoms with van der Waals surface area (Å²) in [7, 11) is -2.94. The molecular formula is C12H13BrFNO3S. The van der Waals surface area contributed by atoms with E-state index in [-0.39, 0.29) is 23.0 Å². The van der Waals surface area contributed by atoms with Gasteiger partial charge in [0, 0.05) is 11.0 Å². The lowest BCUT2D eigenvalue weighted by molar-refractivity contribution is 0.0947. The molecule has 0 saturated carbocycles. The first-order chi connectivity index (χ1) is 8.87. The number of halogens is 2. The second kappa shape index (κ2) is 5.58. The van der Waals surface area contributed by atoms with Crippen LogP contribution in [0.25, 0.3) is 0 Å². The Kier molecular flexibility index (Phi) is 4.25. The van der Waals surface area contributed by atoms with E-state index >= 15 is 0 Å². The maximum Gasteiger partial charge on any atom is 0.252 e. The van der Waals surface area contributed by atoms with Gasteiger partial charge in [0.25, 0.3) is 5.91 Å². The van der Waals surface area contributed by atoms with E-state index in [4.69, 9.17) is 0 Å². The van der Waals surface area contributed by atoms with Crippen molar-refractivity contribution in [3.05, 3.63) is 34.1 Å². The maximum absolute atomic E-state index is 13.1. The minimum atomic E-state index is -2.94. The monoisotopic (exact) mass is 349 g/mol. The SMILES string of the molecule is O=C(NCC1CCS(=O)(=O)C1)c1cc(F)ccc1Br. The Hall–Kier alpha value is -0.950. The van der Waals surface area contributed by atoms with Crippen LogP contribution in [0.5, 0.6) is 0 Å². The highest BCUT2D eigenvalue weighted by molar-refractivity contribution is 9.10. The fourth-order valence-corrected chi connectivity index (χ4v) is 4.33. The molecule has 0 aromatic heterocycles. The van der Waals surface area contributed by atoms with Gasteiger partial charge in [-0.25, -0.2) is 12.8 Å². The molecule has 1 aliphatic heterocycles. The third kappa shape index (κ3) is 3.76. The van der Waals surface area contributed by atoms with Crippen molar-refractivity contribution < 1.29 is 17.6 Å². The number of hydrogen-bond donors (Lipinski definition) is 1. The fraction of sp³-hybridized carbons (Fsp3) is 0.417. The standard InChI is InChI=1S/C12H13BrFNO3S/c13-11-2-1-9(14)5-10(11)12(16)15-6-8-3-4-19(17,18)7-8/h1-2,5,8H,3-4,6-7H2,(H,15,16). The average molecular weight is 350 g/mol. The fourth-order valence-electron chi connectivity index (χ4n) is 2.04. The lowest BCUT2D eigenvalue weighted by Crippen LogP contribution is -2.30. The summed E-state index contributed by atoms with van der Waals surface area (Å²) in [4.78, 5) is 11.9. The van der Waals surface area contributed by atoms with Crippen molar-refractivity contribution >= 4 is 31.7 Å². The molecule has 7 heteroatoms. The summed E-state index contributed by atoms with van der Waals surface area (Å²) in [5.74, 6) is -0.664. The van der Waals surface area contributed by atoms with Gasteiger partial charge in [0.1, 0.15) is 5.82 Å². The lowest BCUT2D eigenvalue weighted by Gasteiger charge is -2.10. The van der Waals surface area contributed by atoms with Gasteiger partial charge in [-0.1, -0.05) is 0 Å². The number of nitrogens with one attached hydrogen (secondary N) is 1. The molecule has 1 amide bonds. The van der Waals surface area contributed by atoms with E-state index < -0.39 is 21.6 Å². The lowest BCUT2D eigenvalue weighted by atomic mass is 10.1. The molecular weight excluding hydrogens is 337 g/mol. The number of carbonyl (C=O) groups is 1. The summed E-state index contributed by atoms with van der Waals surface area (Å²) in [6.07, 6.45) is 0.562. The van der Waals surface area contributed by atoms with E-state index in [0.29, 0.717) is 17.4 Å². The zero-order valence-electron chi connectivity index (χ0n) is 10.0. The molecule has 1 aromatic carbocycles. The van der Waals surface area contributed by atoms with Crippen LogP contribution in [0.3, 0.4) is 0 Å². The maximum atomic E-state index is 13.1. The third-order valence-electron chi connectivity index (χ3n) is 3.05. The highest BCUT2D eigenvalue weighted by atomic mass is 79.9. The summed E-state index contributed by atoms with van der Waals surface area (Å²) in [5.41, 5.74) is 0.209. The Balaban J connectivity index is 1.97. The van der Waals surface area contributed by atoms with Crippen LogP contribution < -0.4 is 5.32 Å². The van der Waals surface area contributed by atoms with Gasteiger partial charge < -0.3 is 5.32 Å².